The molecule has 1 aromatic heterocycles. The van der Waals surface area contributed by atoms with Crippen molar-refractivity contribution in [2.75, 3.05) is 26.7 Å². The quantitative estimate of drug-likeness (QED) is 0.438. The summed E-state index contributed by atoms with van der Waals surface area (Å²) in [4.78, 5) is 45.0. The number of carboxylic acid groups (broad SMARTS) is 1. The molecule has 1 saturated carbocycles. The summed E-state index contributed by atoms with van der Waals surface area (Å²) in [6, 6.07) is 9.70. The van der Waals surface area contributed by atoms with Crippen molar-refractivity contribution in [3.8, 4) is 5.69 Å². The number of fused-ring (bicyclic) bond motifs is 2. The maximum absolute atomic E-state index is 13.9. The van der Waals surface area contributed by atoms with Crippen molar-refractivity contribution in [3.05, 3.63) is 93.0 Å². The van der Waals surface area contributed by atoms with Crippen molar-refractivity contribution in [1.82, 2.24) is 19.4 Å². The summed E-state index contributed by atoms with van der Waals surface area (Å²) in [6.45, 7) is 1.74. The van der Waals surface area contributed by atoms with E-state index in [1.165, 1.54) is 0 Å². The molecule has 9 nitrogen and oxygen atoms in total. The molecule has 1 N–H and O–H groups in total. The highest BCUT2D eigenvalue weighted by molar-refractivity contribution is 7.80. The van der Waals surface area contributed by atoms with Gasteiger partial charge in [0.15, 0.2) is 0 Å². The summed E-state index contributed by atoms with van der Waals surface area (Å²) in [5.41, 5.74) is 4.32. The number of aliphatic carboxylic acids is 1. The number of benzene rings is 1. The first-order valence-electron chi connectivity index (χ1n) is 14.4. The topological polar surface area (TPSA) is 105 Å². The Morgan fingerprint density at radius 3 is 2.52 bits per heavy atom. The second kappa shape index (κ2) is 12.9. The lowest BCUT2D eigenvalue weighted by molar-refractivity contribution is -0.192. The van der Waals surface area contributed by atoms with Crippen LogP contribution in [0.2, 0.25) is 0 Å². The van der Waals surface area contributed by atoms with E-state index in [1.54, 1.807) is 9.47 Å². The van der Waals surface area contributed by atoms with E-state index < -0.39 is 17.5 Å². The van der Waals surface area contributed by atoms with Crippen molar-refractivity contribution in [2.24, 2.45) is 0 Å². The van der Waals surface area contributed by atoms with Gasteiger partial charge in [-0.3, -0.25) is 14.2 Å². The fourth-order valence-electron chi connectivity index (χ4n) is 5.54. The molecule has 1 amide bonds. The number of alkyl halides is 3. The highest BCUT2D eigenvalue weighted by Crippen LogP contribution is 2.38. The third-order valence-corrected chi connectivity index (χ3v) is 8.75. The van der Waals surface area contributed by atoms with Crippen molar-refractivity contribution in [3.63, 3.8) is 0 Å². The lowest BCUT2D eigenvalue weighted by Crippen LogP contribution is -2.44. The largest absolute Gasteiger partial charge is 0.490 e. The number of aromatic nitrogens is 2. The SMILES string of the molecule is CN(CCC(=O)N1CCc2nc(C3CCC3)n(-c3ccccc3)c(=O)c2C1S)C1=CC2=CCOC2=CC1.O=C(O)C(F)(F)F. The van der Waals surface area contributed by atoms with Gasteiger partial charge < -0.3 is 19.6 Å². The highest BCUT2D eigenvalue weighted by Gasteiger charge is 2.38. The lowest BCUT2D eigenvalue weighted by Gasteiger charge is -2.36. The number of carbonyl (C=O) groups excluding carboxylic acids is 1. The van der Waals surface area contributed by atoms with E-state index in [2.05, 4.69) is 23.1 Å². The van der Waals surface area contributed by atoms with Crippen molar-refractivity contribution >= 4 is 24.5 Å². The summed E-state index contributed by atoms with van der Waals surface area (Å²) < 4.78 is 39.1. The minimum Gasteiger partial charge on any atom is -0.489 e. The smallest absolute Gasteiger partial charge is 0.489 e. The van der Waals surface area contributed by atoms with Crippen LogP contribution in [0.25, 0.3) is 5.69 Å². The molecule has 4 aliphatic rings. The van der Waals surface area contributed by atoms with Crippen LogP contribution in [-0.4, -0.2) is 69.3 Å². The Labute approximate surface area is 257 Å². The Hall–Kier alpha value is -4.00. The molecule has 2 aromatic rings. The van der Waals surface area contributed by atoms with Crippen LogP contribution in [0.5, 0.6) is 0 Å². The van der Waals surface area contributed by atoms with Crippen LogP contribution in [0.3, 0.4) is 0 Å². The zero-order chi connectivity index (χ0) is 31.6. The Morgan fingerprint density at radius 2 is 1.89 bits per heavy atom. The molecule has 6 rings (SSSR count). The number of allylic oxidation sites excluding steroid dienone is 2. The number of carbonyl (C=O) groups is 2. The van der Waals surface area contributed by atoms with Crippen LogP contribution in [0.4, 0.5) is 13.2 Å². The molecule has 234 valence electrons. The van der Waals surface area contributed by atoms with E-state index >= 15 is 0 Å². The van der Waals surface area contributed by atoms with E-state index in [4.69, 9.17) is 32.3 Å². The van der Waals surface area contributed by atoms with Crippen molar-refractivity contribution in [1.29, 1.82) is 0 Å². The minimum absolute atomic E-state index is 0.00212. The number of nitrogens with zero attached hydrogens (tertiary/aromatic N) is 4. The molecular weight excluding hydrogens is 597 g/mol. The van der Waals surface area contributed by atoms with Crippen LogP contribution in [-0.2, 0) is 20.7 Å². The Morgan fingerprint density at radius 1 is 1.18 bits per heavy atom. The van der Waals surface area contributed by atoms with Crippen molar-refractivity contribution in [2.45, 2.75) is 56.0 Å². The zero-order valence-corrected chi connectivity index (χ0v) is 25.0. The second-order valence-corrected chi connectivity index (χ2v) is 11.5. The molecule has 2 aliphatic heterocycles. The molecule has 0 saturated heterocycles. The number of halogens is 3. The standard InChI is InChI=1S/C29H32N4O3S.C2HF3O2/c1-31(22-10-11-24-20(18-22)14-17-36-24)15-13-25(34)32-16-12-23-26(29(32)37)28(35)33(21-8-3-2-4-9-21)27(30-23)19-6-5-7-19;3-2(4,5)1(6)7/h2-4,8-9,11,14,18-19,29,37H,5-7,10,12-13,15-17H2,1H3;(H,6,7). The molecule has 0 radical (unpaired) electrons. The fraction of sp³-hybridized carbons (Fsp3) is 0.419. The summed E-state index contributed by atoms with van der Waals surface area (Å²) in [5, 5.41) is 6.52. The minimum atomic E-state index is -5.08. The van der Waals surface area contributed by atoms with Gasteiger partial charge in [-0.25, -0.2) is 9.78 Å². The van der Waals surface area contributed by atoms with Gasteiger partial charge in [0.25, 0.3) is 5.56 Å². The first-order valence-corrected chi connectivity index (χ1v) is 14.9. The van der Waals surface area contributed by atoms with Gasteiger partial charge >= 0.3 is 12.1 Å². The number of rotatable bonds is 6. The summed E-state index contributed by atoms with van der Waals surface area (Å²) in [7, 11) is 2.02. The Balaban J connectivity index is 0.000000493. The molecule has 0 spiro atoms. The molecule has 3 heterocycles. The Kier molecular flexibility index (Phi) is 9.23. The summed E-state index contributed by atoms with van der Waals surface area (Å²) >= 11 is 4.81. The predicted octanol–water partition coefficient (Wildman–Crippen LogP) is 4.90. The summed E-state index contributed by atoms with van der Waals surface area (Å²) in [5.74, 6) is -0.648. The number of amides is 1. The predicted molar refractivity (Wildman–Crippen MR) is 159 cm³/mol. The van der Waals surface area contributed by atoms with Gasteiger partial charge in [-0.1, -0.05) is 24.6 Å². The molecule has 2 aliphatic carbocycles. The van der Waals surface area contributed by atoms with Gasteiger partial charge in [0, 0.05) is 56.6 Å². The Bertz CT molecular complexity index is 1580. The lowest BCUT2D eigenvalue weighted by atomic mass is 9.84. The monoisotopic (exact) mass is 630 g/mol. The van der Waals surface area contributed by atoms with E-state index in [-0.39, 0.29) is 11.5 Å². The zero-order valence-electron chi connectivity index (χ0n) is 24.1. The van der Waals surface area contributed by atoms with Crippen molar-refractivity contribution < 1.29 is 32.6 Å². The van der Waals surface area contributed by atoms with Gasteiger partial charge in [-0.2, -0.15) is 13.2 Å². The molecule has 1 aromatic carbocycles. The number of carboxylic acids is 1. The van der Waals surface area contributed by atoms with Gasteiger partial charge in [0.05, 0.1) is 16.9 Å². The number of para-hydroxylation sites is 1. The maximum Gasteiger partial charge on any atom is 0.490 e. The van der Waals surface area contributed by atoms with Gasteiger partial charge in [-0.15, -0.1) is 12.6 Å². The fourth-order valence-corrected chi connectivity index (χ4v) is 6.05. The van der Waals surface area contributed by atoms with Crippen LogP contribution < -0.4 is 5.56 Å². The van der Waals surface area contributed by atoms with Crippen LogP contribution in [0.1, 0.15) is 60.5 Å². The van der Waals surface area contributed by atoms with E-state index in [1.807, 2.05) is 37.4 Å². The number of hydrogen-bond acceptors (Lipinski definition) is 7. The van der Waals surface area contributed by atoms with Crippen LogP contribution in [0, 0.1) is 0 Å². The third-order valence-electron chi connectivity index (χ3n) is 8.21. The molecule has 1 fully saturated rings. The first kappa shape index (κ1) is 31.4. The normalized spacial score (nSPS) is 19.2. The molecule has 13 heteroatoms. The molecule has 1 atom stereocenters. The second-order valence-electron chi connectivity index (χ2n) is 11.0. The number of hydrogen-bond donors (Lipinski definition) is 2. The van der Waals surface area contributed by atoms with Crippen LogP contribution in [0.15, 0.2) is 70.4 Å². The molecule has 44 heavy (non-hydrogen) atoms. The van der Waals surface area contributed by atoms with Crippen LogP contribution >= 0.6 is 12.6 Å². The van der Waals surface area contributed by atoms with E-state index in [9.17, 15) is 22.8 Å². The number of ether oxygens (including phenoxy) is 1. The van der Waals surface area contributed by atoms with Gasteiger partial charge in [0.1, 0.15) is 23.6 Å². The maximum atomic E-state index is 13.9. The number of thiol groups is 1. The third kappa shape index (κ3) is 6.57. The average molecular weight is 631 g/mol. The highest BCUT2D eigenvalue weighted by atomic mass is 32.1. The molecule has 1 unspecified atom stereocenters. The van der Waals surface area contributed by atoms with E-state index in [0.717, 1.165) is 59.9 Å². The van der Waals surface area contributed by atoms with E-state index in [0.29, 0.717) is 44.0 Å². The first-order chi connectivity index (χ1) is 21.0. The summed E-state index contributed by atoms with van der Waals surface area (Å²) in [6.07, 6.45) is 6.22. The molecule has 0 bridgehead atoms. The average Bonchev–Trinajstić information content (AvgIpc) is 3.43. The van der Waals surface area contributed by atoms with Gasteiger partial charge in [0.2, 0.25) is 5.91 Å². The van der Waals surface area contributed by atoms with Gasteiger partial charge in [-0.05, 0) is 43.2 Å². The molecular formula is C31H33F3N4O5S.